The number of hydrogen-bond acceptors (Lipinski definition) is 5. The molecule has 0 atom stereocenters. The Kier molecular flexibility index (Phi) is 7.48. The van der Waals surface area contributed by atoms with Crippen LogP contribution in [0.5, 0.6) is 0 Å². The quantitative estimate of drug-likeness (QED) is 0.616. The minimum atomic E-state index is -3.88. The van der Waals surface area contributed by atoms with Crippen molar-refractivity contribution in [3.05, 3.63) is 59.7 Å². The predicted molar refractivity (Wildman–Crippen MR) is 108 cm³/mol. The SMILES string of the molecule is O=C(Nc1ccc(S(=O)(=O)NCCCN2CCOCC2)cc1F)c1ccc(F)cc1. The number of nitrogens with one attached hydrogen (secondary N) is 2. The number of ether oxygens (including phenoxy) is 1. The number of morpholine rings is 1. The number of carbonyl (C=O) groups is 1. The molecule has 1 heterocycles. The van der Waals surface area contributed by atoms with E-state index in [1.807, 2.05) is 0 Å². The highest BCUT2D eigenvalue weighted by Gasteiger charge is 2.18. The highest BCUT2D eigenvalue weighted by Crippen LogP contribution is 2.20. The molecule has 1 amide bonds. The average Bonchev–Trinajstić information content (AvgIpc) is 2.74. The molecule has 1 aliphatic rings. The molecule has 1 aliphatic heterocycles. The monoisotopic (exact) mass is 439 g/mol. The molecule has 0 radical (unpaired) electrons. The molecule has 30 heavy (non-hydrogen) atoms. The average molecular weight is 439 g/mol. The smallest absolute Gasteiger partial charge is 0.255 e. The summed E-state index contributed by atoms with van der Waals surface area (Å²) in [5.41, 5.74) is -0.0231. The molecule has 0 aliphatic carbocycles. The van der Waals surface area contributed by atoms with E-state index < -0.39 is 27.6 Å². The van der Waals surface area contributed by atoms with Gasteiger partial charge in [-0.3, -0.25) is 9.69 Å². The number of amides is 1. The Morgan fingerprint density at radius 1 is 1.07 bits per heavy atom. The molecule has 0 aromatic heterocycles. The van der Waals surface area contributed by atoms with Crippen molar-refractivity contribution in [2.75, 3.05) is 44.7 Å². The summed E-state index contributed by atoms with van der Waals surface area (Å²) >= 11 is 0. The largest absolute Gasteiger partial charge is 0.379 e. The maximum atomic E-state index is 14.4. The van der Waals surface area contributed by atoms with Crippen LogP contribution in [0.3, 0.4) is 0 Å². The van der Waals surface area contributed by atoms with Crippen molar-refractivity contribution < 1.29 is 26.7 Å². The minimum Gasteiger partial charge on any atom is -0.379 e. The van der Waals surface area contributed by atoms with Crippen molar-refractivity contribution in [3.8, 4) is 0 Å². The first-order valence-electron chi connectivity index (χ1n) is 9.51. The predicted octanol–water partition coefficient (Wildman–Crippen LogP) is 2.22. The van der Waals surface area contributed by atoms with Crippen LogP contribution < -0.4 is 10.0 Å². The van der Waals surface area contributed by atoms with Gasteiger partial charge in [0.05, 0.1) is 23.8 Å². The molecular formula is C20H23F2N3O4S. The maximum Gasteiger partial charge on any atom is 0.255 e. The highest BCUT2D eigenvalue weighted by atomic mass is 32.2. The standard InChI is InChI=1S/C20H23F2N3O4S/c21-16-4-2-15(3-5-16)20(26)24-19-7-6-17(14-18(19)22)30(27,28)23-8-1-9-25-10-12-29-13-11-25/h2-7,14,23H,1,8-13H2,(H,24,26). The van der Waals surface area contributed by atoms with E-state index in [1.54, 1.807) is 0 Å². The van der Waals surface area contributed by atoms with Gasteiger partial charge in [-0.1, -0.05) is 0 Å². The normalized spacial score (nSPS) is 15.1. The Balaban J connectivity index is 1.56. The van der Waals surface area contributed by atoms with E-state index >= 15 is 0 Å². The first kappa shape index (κ1) is 22.3. The van der Waals surface area contributed by atoms with Crippen LogP contribution in [0, 0.1) is 11.6 Å². The van der Waals surface area contributed by atoms with E-state index in [1.165, 1.54) is 24.3 Å². The summed E-state index contributed by atoms with van der Waals surface area (Å²) in [6, 6.07) is 8.01. The topological polar surface area (TPSA) is 87.7 Å². The maximum absolute atomic E-state index is 14.4. The zero-order valence-electron chi connectivity index (χ0n) is 16.2. The molecule has 3 rings (SSSR count). The number of rotatable bonds is 8. The lowest BCUT2D eigenvalue weighted by Crippen LogP contribution is -2.38. The third-order valence-corrected chi connectivity index (χ3v) is 6.11. The number of carbonyl (C=O) groups excluding carboxylic acids is 1. The molecule has 0 saturated carbocycles. The summed E-state index contributed by atoms with van der Waals surface area (Å²) in [6.07, 6.45) is 0.619. The molecule has 162 valence electrons. The van der Waals surface area contributed by atoms with Gasteiger partial charge in [0, 0.05) is 25.2 Å². The van der Waals surface area contributed by atoms with E-state index in [2.05, 4.69) is 14.9 Å². The number of halogens is 2. The summed E-state index contributed by atoms with van der Waals surface area (Å²) in [6.45, 7) is 3.97. The van der Waals surface area contributed by atoms with Crippen LogP contribution in [0.4, 0.5) is 14.5 Å². The van der Waals surface area contributed by atoms with Gasteiger partial charge in [-0.15, -0.1) is 0 Å². The van der Waals surface area contributed by atoms with Crippen molar-refractivity contribution in [1.82, 2.24) is 9.62 Å². The van der Waals surface area contributed by atoms with Gasteiger partial charge in [-0.25, -0.2) is 21.9 Å². The summed E-state index contributed by atoms with van der Waals surface area (Å²) in [5, 5.41) is 2.35. The van der Waals surface area contributed by atoms with Crippen LogP contribution in [0.1, 0.15) is 16.8 Å². The van der Waals surface area contributed by atoms with Crippen molar-refractivity contribution in [2.45, 2.75) is 11.3 Å². The fraction of sp³-hybridized carbons (Fsp3) is 0.350. The molecule has 10 heteroatoms. The Morgan fingerprint density at radius 3 is 2.43 bits per heavy atom. The van der Waals surface area contributed by atoms with E-state index in [9.17, 15) is 22.0 Å². The van der Waals surface area contributed by atoms with Gasteiger partial charge >= 0.3 is 0 Å². The second kappa shape index (κ2) is 10.1. The molecule has 2 aromatic rings. The van der Waals surface area contributed by atoms with Gasteiger partial charge in [0.1, 0.15) is 11.6 Å². The number of anilines is 1. The molecule has 2 aromatic carbocycles. The fourth-order valence-corrected chi connectivity index (χ4v) is 4.06. The molecule has 1 saturated heterocycles. The molecule has 2 N–H and O–H groups in total. The lowest BCUT2D eigenvalue weighted by molar-refractivity contribution is 0.0376. The van der Waals surface area contributed by atoms with E-state index in [0.29, 0.717) is 19.6 Å². The summed E-state index contributed by atoms with van der Waals surface area (Å²) in [5.74, 6) is -2.02. The van der Waals surface area contributed by atoms with Crippen LogP contribution in [-0.2, 0) is 14.8 Å². The lowest BCUT2D eigenvalue weighted by Gasteiger charge is -2.26. The second-order valence-corrected chi connectivity index (χ2v) is 8.57. The molecule has 7 nitrogen and oxygen atoms in total. The summed E-state index contributed by atoms with van der Waals surface area (Å²) in [4.78, 5) is 14.1. The van der Waals surface area contributed by atoms with Gasteiger partial charge in [0.15, 0.2) is 0 Å². The summed E-state index contributed by atoms with van der Waals surface area (Å²) in [7, 11) is -3.88. The van der Waals surface area contributed by atoms with Crippen molar-refractivity contribution in [1.29, 1.82) is 0 Å². The zero-order chi connectivity index (χ0) is 21.6. The van der Waals surface area contributed by atoms with Gasteiger partial charge in [0.25, 0.3) is 5.91 Å². The van der Waals surface area contributed by atoms with Crippen LogP contribution in [0.15, 0.2) is 47.4 Å². The molecule has 0 spiro atoms. The van der Waals surface area contributed by atoms with Crippen molar-refractivity contribution in [3.63, 3.8) is 0 Å². The first-order valence-corrected chi connectivity index (χ1v) is 11.0. The number of sulfonamides is 1. The van der Waals surface area contributed by atoms with E-state index in [-0.39, 0.29) is 22.7 Å². The minimum absolute atomic E-state index is 0.148. The number of benzene rings is 2. The van der Waals surface area contributed by atoms with Crippen LogP contribution in [0.25, 0.3) is 0 Å². The van der Waals surface area contributed by atoms with E-state index in [4.69, 9.17) is 4.74 Å². The van der Waals surface area contributed by atoms with Crippen molar-refractivity contribution >= 4 is 21.6 Å². The van der Waals surface area contributed by atoms with Gasteiger partial charge < -0.3 is 10.1 Å². The van der Waals surface area contributed by atoms with Gasteiger partial charge in [0.2, 0.25) is 10.0 Å². The first-order chi connectivity index (χ1) is 14.3. The number of hydrogen-bond donors (Lipinski definition) is 2. The van der Waals surface area contributed by atoms with Crippen LogP contribution in [0.2, 0.25) is 0 Å². The third-order valence-electron chi connectivity index (χ3n) is 4.65. The second-order valence-electron chi connectivity index (χ2n) is 6.81. The molecular weight excluding hydrogens is 416 g/mol. The van der Waals surface area contributed by atoms with Crippen LogP contribution in [-0.4, -0.2) is 58.6 Å². The highest BCUT2D eigenvalue weighted by molar-refractivity contribution is 7.89. The molecule has 1 fully saturated rings. The van der Waals surface area contributed by atoms with Gasteiger partial charge in [-0.05, 0) is 55.4 Å². The van der Waals surface area contributed by atoms with Crippen LogP contribution >= 0.6 is 0 Å². The lowest BCUT2D eigenvalue weighted by atomic mass is 10.2. The third kappa shape index (κ3) is 6.05. The summed E-state index contributed by atoms with van der Waals surface area (Å²) < 4.78 is 59.8. The van der Waals surface area contributed by atoms with Crippen molar-refractivity contribution in [2.24, 2.45) is 0 Å². The molecule has 0 unspecified atom stereocenters. The Labute approximate surface area is 174 Å². The zero-order valence-corrected chi connectivity index (χ0v) is 17.1. The fourth-order valence-electron chi connectivity index (χ4n) is 2.98. The number of nitrogens with zero attached hydrogens (tertiary/aromatic N) is 1. The van der Waals surface area contributed by atoms with Gasteiger partial charge in [-0.2, -0.15) is 0 Å². The molecule has 0 bridgehead atoms. The Hall–Kier alpha value is -2.40. The Bertz CT molecular complexity index is 978. The van der Waals surface area contributed by atoms with E-state index in [0.717, 1.165) is 37.8 Å². The Morgan fingerprint density at radius 2 is 1.77 bits per heavy atom.